The topological polar surface area (TPSA) is 138 Å². The van der Waals surface area contributed by atoms with Crippen molar-refractivity contribution in [3.05, 3.63) is 12.0 Å². The summed E-state index contributed by atoms with van der Waals surface area (Å²) in [6, 6.07) is 0. The van der Waals surface area contributed by atoms with Crippen LogP contribution in [0.4, 0.5) is 5.82 Å². The molecule has 0 aliphatic carbocycles. The van der Waals surface area contributed by atoms with E-state index in [-0.39, 0.29) is 16.1 Å². The molecule has 1 fully saturated rings. The SMILES string of the molecule is N=C([Se])c1c(N)ncn1C1OC(CO)C(O)C1O. The van der Waals surface area contributed by atoms with Gasteiger partial charge in [0.15, 0.2) is 0 Å². The van der Waals surface area contributed by atoms with Crippen molar-refractivity contribution in [2.24, 2.45) is 0 Å². The molecule has 1 aliphatic heterocycles. The van der Waals surface area contributed by atoms with Crippen LogP contribution in [0.3, 0.4) is 0 Å². The Labute approximate surface area is 111 Å². The fraction of sp³-hybridized carbons (Fsp3) is 0.556. The molecule has 2 heterocycles. The van der Waals surface area contributed by atoms with Gasteiger partial charge in [0.1, 0.15) is 0 Å². The minimum atomic E-state index is -1.23. The van der Waals surface area contributed by atoms with Crippen LogP contribution in [0.15, 0.2) is 6.33 Å². The molecule has 99 valence electrons. The zero-order valence-corrected chi connectivity index (χ0v) is 10.9. The number of nitrogens with two attached hydrogens (primary N) is 1. The minimum absolute atomic E-state index is 0.0442. The van der Waals surface area contributed by atoms with Crippen molar-refractivity contribution in [1.82, 2.24) is 9.55 Å². The molecule has 6 N–H and O–H groups in total. The number of hydrogen-bond acceptors (Lipinski definition) is 7. The van der Waals surface area contributed by atoms with E-state index in [0.717, 1.165) is 0 Å². The number of hydrogen-bond donors (Lipinski definition) is 5. The van der Waals surface area contributed by atoms with E-state index in [2.05, 4.69) is 21.0 Å². The van der Waals surface area contributed by atoms with Crippen molar-refractivity contribution in [3.8, 4) is 0 Å². The molecule has 1 aliphatic rings. The number of rotatable bonds is 3. The predicted molar refractivity (Wildman–Crippen MR) is 62.2 cm³/mol. The van der Waals surface area contributed by atoms with Gasteiger partial charge in [-0.2, -0.15) is 0 Å². The number of anilines is 1. The zero-order valence-electron chi connectivity index (χ0n) is 9.22. The summed E-state index contributed by atoms with van der Waals surface area (Å²) < 4.78 is 6.74. The fourth-order valence-electron chi connectivity index (χ4n) is 1.91. The number of aromatic nitrogens is 2. The van der Waals surface area contributed by atoms with Crippen molar-refractivity contribution < 1.29 is 20.1 Å². The Balaban J connectivity index is 2.36. The number of nitrogens with zero attached hydrogens (tertiary/aromatic N) is 2. The Bertz CT molecular complexity index is 465. The summed E-state index contributed by atoms with van der Waals surface area (Å²) in [6.45, 7) is -0.413. The molecule has 1 saturated heterocycles. The second kappa shape index (κ2) is 4.96. The van der Waals surface area contributed by atoms with Crippen molar-refractivity contribution in [3.63, 3.8) is 0 Å². The molecule has 1 radical (unpaired) electrons. The van der Waals surface area contributed by atoms with Crippen LogP contribution in [0.5, 0.6) is 0 Å². The van der Waals surface area contributed by atoms with Gasteiger partial charge >= 0.3 is 110 Å². The molecule has 0 spiro atoms. The molecule has 9 heteroatoms. The van der Waals surface area contributed by atoms with E-state index in [1.165, 1.54) is 10.9 Å². The molecule has 8 nitrogen and oxygen atoms in total. The van der Waals surface area contributed by atoms with Crippen LogP contribution in [-0.2, 0) is 4.74 Å². The molecule has 4 atom stereocenters. The monoisotopic (exact) mass is 321 g/mol. The van der Waals surface area contributed by atoms with E-state index < -0.39 is 31.1 Å². The number of imidazole rings is 1. The van der Waals surface area contributed by atoms with Crippen LogP contribution >= 0.6 is 0 Å². The van der Waals surface area contributed by atoms with Crippen LogP contribution < -0.4 is 5.73 Å². The van der Waals surface area contributed by atoms with Gasteiger partial charge in [-0.25, -0.2) is 0 Å². The third kappa shape index (κ3) is 2.05. The molecule has 1 aromatic rings. The Morgan fingerprint density at radius 3 is 2.72 bits per heavy atom. The average molecular weight is 320 g/mol. The quantitative estimate of drug-likeness (QED) is 0.310. The van der Waals surface area contributed by atoms with Gasteiger partial charge in [0.05, 0.1) is 0 Å². The van der Waals surface area contributed by atoms with Crippen molar-refractivity contribution in [1.29, 1.82) is 5.41 Å². The summed E-state index contributed by atoms with van der Waals surface area (Å²) in [6.07, 6.45) is -2.93. The summed E-state index contributed by atoms with van der Waals surface area (Å²) in [5, 5.41) is 36.1. The number of aliphatic hydroxyl groups excluding tert-OH is 3. The molecule has 0 aromatic carbocycles. The maximum absolute atomic E-state index is 9.87. The predicted octanol–water partition coefficient (Wildman–Crippen LogP) is -2.43. The first-order valence-corrected chi connectivity index (χ1v) is 6.03. The Morgan fingerprint density at radius 1 is 1.56 bits per heavy atom. The van der Waals surface area contributed by atoms with Crippen LogP contribution in [0.2, 0.25) is 0 Å². The van der Waals surface area contributed by atoms with Crippen molar-refractivity contribution in [2.75, 3.05) is 12.3 Å². The van der Waals surface area contributed by atoms with Gasteiger partial charge in [-0.1, -0.05) is 0 Å². The van der Waals surface area contributed by atoms with Gasteiger partial charge in [0, 0.05) is 0 Å². The molecular formula is C9H13N4O4Se. The fourth-order valence-corrected chi connectivity index (χ4v) is 2.35. The van der Waals surface area contributed by atoms with Gasteiger partial charge in [-0.15, -0.1) is 0 Å². The average Bonchev–Trinajstić information content (AvgIpc) is 2.82. The molecule has 1 aromatic heterocycles. The van der Waals surface area contributed by atoms with E-state index in [1.54, 1.807) is 0 Å². The van der Waals surface area contributed by atoms with Gasteiger partial charge in [0.25, 0.3) is 0 Å². The molecular weight excluding hydrogens is 307 g/mol. The van der Waals surface area contributed by atoms with Crippen molar-refractivity contribution >= 4 is 26.4 Å². The van der Waals surface area contributed by atoms with Gasteiger partial charge < -0.3 is 0 Å². The van der Waals surface area contributed by atoms with Crippen LogP contribution in [0, 0.1) is 5.41 Å². The number of nitrogens with one attached hydrogen (secondary N) is 1. The second-order valence-electron chi connectivity index (χ2n) is 3.94. The number of nitrogen functional groups attached to an aromatic ring is 1. The van der Waals surface area contributed by atoms with Crippen molar-refractivity contribution in [2.45, 2.75) is 24.5 Å². The second-order valence-corrected chi connectivity index (χ2v) is 4.80. The summed E-state index contributed by atoms with van der Waals surface area (Å²) >= 11 is 2.49. The van der Waals surface area contributed by atoms with Gasteiger partial charge in [0.2, 0.25) is 0 Å². The molecule has 0 bridgehead atoms. The summed E-state index contributed by atoms with van der Waals surface area (Å²) in [4.78, 5) is 3.84. The normalized spacial score (nSPS) is 31.7. The van der Waals surface area contributed by atoms with E-state index in [4.69, 9.17) is 21.0 Å². The third-order valence-corrected chi connectivity index (χ3v) is 3.23. The van der Waals surface area contributed by atoms with Gasteiger partial charge in [-0.05, 0) is 0 Å². The van der Waals surface area contributed by atoms with Crippen LogP contribution in [-0.4, -0.2) is 70.4 Å². The summed E-state index contributed by atoms with van der Waals surface area (Å²) in [5.74, 6) is 0.122. The Kier molecular flexibility index (Phi) is 3.71. The molecule has 2 rings (SSSR count). The Morgan fingerprint density at radius 2 is 2.22 bits per heavy atom. The molecule has 18 heavy (non-hydrogen) atoms. The number of aliphatic hydroxyl groups is 3. The van der Waals surface area contributed by atoms with E-state index in [1.807, 2.05) is 0 Å². The van der Waals surface area contributed by atoms with E-state index in [0.29, 0.717) is 0 Å². The Hall–Kier alpha value is -0.961. The number of ether oxygens (including phenoxy) is 1. The first-order chi connectivity index (χ1) is 8.47. The summed E-state index contributed by atoms with van der Waals surface area (Å²) in [7, 11) is 0. The standard InChI is InChI=1S/C9H13N4O4Se/c10-7-4(8(11)18)13(2-12-7)9-6(16)5(15)3(1-14)17-9/h2-3,5-6,9,11,14-16H,1,10H2. The first kappa shape index (κ1) is 13.5. The van der Waals surface area contributed by atoms with Crippen LogP contribution in [0.25, 0.3) is 0 Å². The third-order valence-electron chi connectivity index (χ3n) is 2.83. The first-order valence-electron chi connectivity index (χ1n) is 5.18. The van der Waals surface area contributed by atoms with Gasteiger partial charge in [-0.3, -0.25) is 0 Å². The zero-order chi connectivity index (χ0) is 13.4. The molecule has 4 unspecified atom stereocenters. The van der Waals surface area contributed by atoms with E-state index >= 15 is 0 Å². The van der Waals surface area contributed by atoms with Crippen LogP contribution in [0.1, 0.15) is 11.9 Å². The molecule has 0 saturated carbocycles. The maximum atomic E-state index is 9.87. The summed E-state index contributed by atoms with van der Waals surface area (Å²) in [5.41, 5.74) is 5.88. The molecule has 0 amide bonds. The van der Waals surface area contributed by atoms with E-state index in [9.17, 15) is 10.2 Å².